The van der Waals surface area contributed by atoms with Gasteiger partial charge in [0, 0.05) is 25.1 Å². The van der Waals surface area contributed by atoms with E-state index in [1.54, 1.807) is 6.07 Å². The molecule has 0 aromatic heterocycles. The Balaban J connectivity index is 3.43. The zero-order chi connectivity index (χ0) is 13.2. The Labute approximate surface area is 111 Å². The molecule has 0 aliphatic carbocycles. The van der Waals surface area contributed by atoms with Crippen molar-refractivity contribution in [1.29, 1.82) is 0 Å². The number of hydrogen-bond acceptors (Lipinski definition) is 3. The summed E-state index contributed by atoms with van der Waals surface area (Å²) in [4.78, 5) is 0.313. The topological polar surface area (TPSA) is 49.4 Å². The van der Waals surface area contributed by atoms with Crippen LogP contribution in [0.15, 0.2) is 21.5 Å². The SMILES string of the molecule is CNCc1cc(C)c(Br)c(S(=O)(=O)N(C)C)c1. The highest BCUT2D eigenvalue weighted by molar-refractivity contribution is 9.10. The fourth-order valence-electron chi connectivity index (χ4n) is 1.50. The quantitative estimate of drug-likeness (QED) is 0.919. The summed E-state index contributed by atoms with van der Waals surface area (Å²) in [7, 11) is 1.48. The van der Waals surface area contributed by atoms with Crippen molar-refractivity contribution in [3.05, 3.63) is 27.7 Å². The van der Waals surface area contributed by atoms with E-state index >= 15 is 0 Å². The molecule has 1 N–H and O–H groups in total. The molecule has 0 heterocycles. The Kier molecular flexibility index (Phi) is 4.71. The van der Waals surface area contributed by atoms with Gasteiger partial charge in [-0.05, 0) is 47.1 Å². The third-order valence-corrected chi connectivity index (χ3v) is 5.57. The summed E-state index contributed by atoms with van der Waals surface area (Å²) < 4.78 is 26.1. The Morgan fingerprint density at radius 2 is 1.94 bits per heavy atom. The van der Waals surface area contributed by atoms with E-state index in [1.807, 2.05) is 20.0 Å². The van der Waals surface area contributed by atoms with Crippen LogP contribution >= 0.6 is 15.9 Å². The van der Waals surface area contributed by atoms with Crippen LogP contribution in [0.1, 0.15) is 11.1 Å². The Morgan fingerprint density at radius 3 is 2.41 bits per heavy atom. The lowest BCUT2D eigenvalue weighted by Crippen LogP contribution is -2.23. The van der Waals surface area contributed by atoms with E-state index < -0.39 is 10.0 Å². The van der Waals surface area contributed by atoms with Gasteiger partial charge in [-0.2, -0.15) is 0 Å². The Bertz CT molecular complexity index is 512. The lowest BCUT2D eigenvalue weighted by atomic mass is 10.1. The number of nitrogens with one attached hydrogen (secondary N) is 1. The Hall–Kier alpha value is -0.430. The maximum Gasteiger partial charge on any atom is 0.243 e. The summed E-state index contributed by atoms with van der Waals surface area (Å²) in [6, 6.07) is 3.66. The standard InChI is InChI=1S/C11H17BrN2O2S/c1-8-5-9(7-13-2)6-10(11(8)12)17(15,16)14(3)4/h5-6,13H,7H2,1-4H3. The number of benzene rings is 1. The van der Waals surface area contributed by atoms with Crippen molar-refractivity contribution in [3.8, 4) is 0 Å². The molecule has 0 aliphatic rings. The molecule has 96 valence electrons. The summed E-state index contributed by atoms with van der Waals surface area (Å²) in [5.74, 6) is 0. The van der Waals surface area contributed by atoms with Crippen LogP contribution in [0, 0.1) is 6.92 Å². The largest absolute Gasteiger partial charge is 0.316 e. The van der Waals surface area contributed by atoms with Crippen molar-refractivity contribution < 1.29 is 8.42 Å². The molecule has 0 saturated carbocycles. The predicted molar refractivity (Wildman–Crippen MR) is 72.5 cm³/mol. The molecule has 0 fully saturated rings. The van der Waals surface area contributed by atoms with Crippen molar-refractivity contribution >= 4 is 26.0 Å². The Morgan fingerprint density at radius 1 is 1.35 bits per heavy atom. The number of hydrogen-bond donors (Lipinski definition) is 1. The number of nitrogens with zero attached hydrogens (tertiary/aromatic N) is 1. The minimum absolute atomic E-state index is 0.313. The van der Waals surface area contributed by atoms with Gasteiger partial charge < -0.3 is 5.32 Å². The van der Waals surface area contributed by atoms with E-state index in [0.29, 0.717) is 15.9 Å². The second-order valence-corrected chi connectivity index (χ2v) is 6.96. The van der Waals surface area contributed by atoms with Gasteiger partial charge in [-0.1, -0.05) is 6.07 Å². The van der Waals surface area contributed by atoms with Crippen LogP contribution in [-0.4, -0.2) is 33.9 Å². The number of aryl methyl sites for hydroxylation is 1. The molecule has 0 spiro atoms. The molecule has 0 unspecified atom stereocenters. The molecule has 0 bridgehead atoms. The fraction of sp³-hybridized carbons (Fsp3) is 0.455. The number of halogens is 1. The van der Waals surface area contributed by atoms with Gasteiger partial charge >= 0.3 is 0 Å². The molecule has 0 saturated heterocycles. The first-order chi connectivity index (χ1) is 7.80. The van der Waals surface area contributed by atoms with Gasteiger partial charge in [-0.3, -0.25) is 0 Å². The van der Waals surface area contributed by atoms with Gasteiger partial charge in [0.2, 0.25) is 10.0 Å². The summed E-state index contributed by atoms with van der Waals surface area (Å²) in [5.41, 5.74) is 1.87. The van der Waals surface area contributed by atoms with Gasteiger partial charge in [-0.25, -0.2) is 12.7 Å². The molecular formula is C11H17BrN2O2S. The molecule has 0 atom stereocenters. The van der Waals surface area contributed by atoms with Gasteiger partial charge in [-0.15, -0.1) is 0 Å². The summed E-state index contributed by atoms with van der Waals surface area (Å²) in [6.07, 6.45) is 0. The lowest BCUT2D eigenvalue weighted by molar-refractivity contribution is 0.520. The molecule has 1 aromatic carbocycles. The minimum atomic E-state index is -3.41. The van der Waals surface area contributed by atoms with Crippen LogP contribution in [0.25, 0.3) is 0 Å². The van der Waals surface area contributed by atoms with E-state index in [1.165, 1.54) is 18.4 Å². The molecule has 4 nitrogen and oxygen atoms in total. The van der Waals surface area contributed by atoms with E-state index in [2.05, 4.69) is 21.2 Å². The average molecular weight is 321 g/mol. The van der Waals surface area contributed by atoms with Crippen LogP contribution in [0.3, 0.4) is 0 Å². The molecular weight excluding hydrogens is 304 g/mol. The molecule has 0 amide bonds. The third kappa shape index (κ3) is 3.07. The second kappa shape index (κ2) is 5.48. The fourth-order valence-corrected chi connectivity index (χ4v) is 3.42. The van der Waals surface area contributed by atoms with Crippen molar-refractivity contribution in [3.63, 3.8) is 0 Å². The summed E-state index contributed by atoms with van der Waals surface area (Å²) in [6.45, 7) is 2.53. The van der Waals surface area contributed by atoms with Gasteiger partial charge in [0.05, 0.1) is 4.90 Å². The van der Waals surface area contributed by atoms with E-state index in [0.717, 1.165) is 11.1 Å². The maximum absolute atomic E-state index is 12.1. The zero-order valence-electron chi connectivity index (χ0n) is 10.4. The maximum atomic E-state index is 12.1. The van der Waals surface area contributed by atoms with Crippen molar-refractivity contribution in [2.75, 3.05) is 21.1 Å². The number of sulfonamides is 1. The highest BCUT2D eigenvalue weighted by Gasteiger charge is 2.22. The molecule has 1 aromatic rings. The second-order valence-electron chi connectivity index (χ2n) is 4.04. The highest BCUT2D eigenvalue weighted by Crippen LogP contribution is 2.28. The normalized spacial score (nSPS) is 12.1. The van der Waals surface area contributed by atoms with Crippen molar-refractivity contribution in [1.82, 2.24) is 9.62 Å². The average Bonchev–Trinajstić information content (AvgIpc) is 2.23. The highest BCUT2D eigenvalue weighted by atomic mass is 79.9. The van der Waals surface area contributed by atoms with Crippen LogP contribution in [-0.2, 0) is 16.6 Å². The molecule has 17 heavy (non-hydrogen) atoms. The first-order valence-corrected chi connectivity index (χ1v) is 7.40. The van der Waals surface area contributed by atoms with Crippen LogP contribution in [0.4, 0.5) is 0 Å². The number of rotatable bonds is 4. The predicted octanol–water partition coefficient (Wildman–Crippen LogP) is 1.73. The monoisotopic (exact) mass is 320 g/mol. The van der Waals surface area contributed by atoms with Crippen molar-refractivity contribution in [2.45, 2.75) is 18.4 Å². The molecule has 0 radical (unpaired) electrons. The van der Waals surface area contributed by atoms with Crippen LogP contribution in [0.2, 0.25) is 0 Å². The van der Waals surface area contributed by atoms with E-state index in [-0.39, 0.29) is 0 Å². The summed E-state index contributed by atoms with van der Waals surface area (Å²) in [5, 5.41) is 3.01. The first kappa shape index (κ1) is 14.6. The van der Waals surface area contributed by atoms with Gasteiger partial charge in [0.15, 0.2) is 0 Å². The molecule has 0 aliphatic heterocycles. The van der Waals surface area contributed by atoms with Crippen molar-refractivity contribution in [2.24, 2.45) is 0 Å². The summed E-state index contributed by atoms with van der Waals surface area (Å²) >= 11 is 3.34. The van der Waals surface area contributed by atoms with E-state index in [9.17, 15) is 8.42 Å². The van der Waals surface area contributed by atoms with E-state index in [4.69, 9.17) is 0 Å². The zero-order valence-corrected chi connectivity index (χ0v) is 12.8. The van der Waals surface area contributed by atoms with Gasteiger partial charge in [0.1, 0.15) is 0 Å². The smallest absolute Gasteiger partial charge is 0.243 e. The van der Waals surface area contributed by atoms with Crippen LogP contribution < -0.4 is 5.32 Å². The minimum Gasteiger partial charge on any atom is -0.316 e. The first-order valence-electron chi connectivity index (χ1n) is 5.17. The van der Waals surface area contributed by atoms with Crippen LogP contribution in [0.5, 0.6) is 0 Å². The lowest BCUT2D eigenvalue weighted by Gasteiger charge is -2.15. The molecule has 1 rings (SSSR count). The third-order valence-electron chi connectivity index (χ3n) is 2.42. The van der Waals surface area contributed by atoms with Gasteiger partial charge in [0.25, 0.3) is 0 Å². The molecule has 6 heteroatoms.